The zero-order valence-electron chi connectivity index (χ0n) is 13.5. The number of carbonyl (C=O) groups is 2. The lowest BCUT2D eigenvalue weighted by Crippen LogP contribution is -2.21. The molecule has 0 aliphatic carbocycles. The van der Waals surface area contributed by atoms with Crippen molar-refractivity contribution in [2.45, 2.75) is 13.8 Å². The van der Waals surface area contributed by atoms with Crippen LogP contribution in [0.4, 0.5) is 15.8 Å². The average Bonchev–Trinajstić information content (AvgIpc) is 2.56. The van der Waals surface area contributed by atoms with Gasteiger partial charge in [-0.05, 0) is 55.3 Å². The number of nitro groups is 1. The Bertz CT molecular complexity index is 834. The average molecular weight is 346 g/mol. The van der Waals surface area contributed by atoms with E-state index in [0.29, 0.717) is 5.56 Å². The Morgan fingerprint density at radius 1 is 1.16 bits per heavy atom. The fraction of sp³-hybridized carbons (Fsp3) is 0.176. The van der Waals surface area contributed by atoms with Crippen molar-refractivity contribution in [1.29, 1.82) is 0 Å². The third-order valence-electron chi connectivity index (χ3n) is 3.50. The quantitative estimate of drug-likeness (QED) is 0.509. The summed E-state index contributed by atoms with van der Waals surface area (Å²) in [7, 11) is 0. The van der Waals surface area contributed by atoms with Crippen molar-refractivity contribution in [3.63, 3.8) is 0 Å². The number of anilines is 1. The van der Waals surface area contributed by atoms with Crippen LogP contribution in [0.15, 0.2) is 36.4 Å². The third-order valence-corrected chi connectivity index (χ3v) is 3.50. The molecule has 130 valence electrons. The number of nitro benzene ring substituents is 1. The number of amides is 1. The van der Waals surface area contributed by atoms with Gasteiger partial charge in [0.05, 0.1) is 10.5 Å². The minimum absolute atomic E-state index is 0.0240. The Labute approximate surface area is 142 Å². The molecule has 0 radical (unpaired) electrons. The lowest BCUT2D eigenvalue weighted by Gasteiger charge is -2.09. The number of hydrogen-bond donors (Lipinski definition) is 1. The fourth-order valence-electron chi connectivity index (χ4n) is 2.04. The summed E-state index contributed by atoms with van der Waals surface area (Å²) in [5.74, 6) is -2.03. The first-order valence-electron chi connectivity index (χ1n) is 7.26. The van der Waals surface area contributed by atoms with Crippen molar-refractivity contribution >= 4 is 23.3 Å². The molecular formula is C17H15FN2O5. The van der Waals surface area contributed by atoms with Gasteiger partial charge < -0.3 is 10.1 Å². The molecule has 0 fully saturated rings. The molecule has 2 aromatic carbocycles. The number of benzene rings is 2. The maximum Gasteiger partial charge on any atom is 0.338 e. The van der Waals surface area contributed by atoms with E-state index < -0.39 is 29.2 Å². The van der Waals surface area contributed by atoms with Gasteiger partial charge in [-0.3, -0.25) is 14.9 Å². The molecule has 0 aliphatic heterocycles. The topological polar surface area (TPSA) is 98.5 Å². The predicted molar refractivity (Wildman–Crippen MR) is 87.9 cm³/mol. The number of rotatable bonds is 5. The molecule has 0 aliphatic rings. The molecule has 0 unspecified atom stereocenters. The molecule has 0 spiro atoms. The number of carbonyl (C=O) groups excluding carboxylic acids is 2. The Kier molecular flexibility index (Phi) is 5.43. The Morgan fingerprint density at radius 2 is 1.76 bits per heavy atom. The summed E-state index contributed by atoms with van der Waals surface area (Å²) < 4.78 is 17.6. The van der Waals surface area contributed by atoms with Gasteiger partial charge in [0.25, 0.3) is 11.6 Å². The SMILES string of the molecule is Cc1cc(NC(=O)COC(=O)c2ccc(F)cc2)c([N+](=O)[O-])cc1C. The molecular weight excluding hydrogens is 331 g/mol. The zero-order chi connectivity index (χ0) is 18.6. The molecule has 8 heteroatoms. The maximum absolute atomic E-state index is 12.8. The molecule has 0 bridgehead atoms. The van der Waals surface area contributed by atoms with Gasteiger partial charge >= 0.3 is 5.97 Å². The van der Waals surface area contributed by atoms with Crippen LogP contribution < -0.4 is 5.32 Å². The standard InChI is InChI=1S/C17H15FN2O5/c1-10-7-14(15(20(23)24)8-11(10)2)19-16(21)9-25-17(22)12-3-5-13(18)6-4-12/h3-8H,9H2,1-2H3,(H,19,21). The predicted octanol–water partition coefficient (Wildman–Crippen LogP) is 3.15. The molecule has 1 N–H and O–H groups in total. The molecule has 0 saturated carbocycles. The summed E-state index contributed by atoms with van der Waals surface area (Å²) in [6.07, 6.45) is 0. The number of esters is 1. The summed E-state index contributed by atoms with van der Waals surface area (Å²) >= 11 is 0. The summed E-state index contributed by atoms with van der Waals surface area (Å²) in [6, 6.07) is 7.47. The van der Waals surface area contributed by atoms with Crippen molar-refractivity contribution in [1.82, 2.24) is 0 Å². The van der Waals surface area contributed by atoms with E-state index in [1.807, 2.05) is 0 Å². The summed E-state index contributed by atoms with van der Waals surface area (Å²) in [6.45, 7) is 2.85. The largest absolute Gasteiger partial charge is 0.452 e. The minimum atomic E-state index is -0.801. The van der Waals surface area contributed by atoms with Crippen LogP contribution in [0.5, 0.6) is 0 Å². The number of ether oxygens (including phenoxy) is 1. The van der Waals surface area contributed by atoms with Gasteiger partial charge in [0.2, 0.25) is 0 Å². The van der Waals surface area contributed by atoms with Crippen LogP contribution in [-0.4, -0.2) is 23.4 Å². The fourth-order valence-corrected chi connectivity index (χ4v) is 2.04. The van der Waals surface area contributed by atoms with E-state index in [9.17, 15) is 24.1 Å². The highest BCUT2D eigenvalue weighted by Gasteiger charge is 2.18. The molecule has 7 nitrogen and oxygen atoms in total. The molecule has 2 aromatic rings. The van der Waals surface area contributed by atoms with E-state index in [0.717, 1.165) is 17.7 Å². The van der Waals surface area contributed by atoms with Crippen molar-refractivity contribution in [3.05, 3.63) is 69.0 Å². The van der Waals surface area contributed by atoms with Crippen LogP contribution in [0, 0.1) is 29.8 Å². The molecule has 1 amide bonds. The molecule has 0 saturated heterocycles. The highest BCUT2D eigenvalue weighted by molar-refractivity contribution is 5.97. The summed E-state index contributed by atoms with van der Waals surface area (Å²) in [4.78, 5) is 34.1. The zero-order valence-corrected chi connectivity index (χ0v) is 13.5. The van der Waals surface area contributed by atoms with E-state index in [4.69, 9.17) is 4.74 Å². The molecule has 25 heavy (non-hydrogen) atoms. The van der Waals surface area contributed by atoms with E-state index >= 15 is 0 Å². The highest BCUT2D eigenvalue weighted by Crippen LogP contribution is 2.27. The van der Waals surface area contributed by atoms with E-state index in [-0.39, 0.29) is 16.9 Å². The smallest absolute Gasteiger partial charge is 0.338 e. The first kappa shape index (κ1) is 18.1. The van der Waals surface area contributed by atoms with E-state index in [1.54, 1.807) is 13.8 Å². The summed E-state index contributed by atoms with van der Waals surface area (Å²) in [5.41, 5.74) is 1.35. The van der Waals surface area contributed by atoms with E-state index in [2.05, 4.69) is 5.32 Å². The highest BCUT2D eigenvalue weighted by atomic mass is 19.1. The van der Waals surface area contributed by atoms with Crippen molar-refractivity contribution in [2.24, 2.45) is 0 Å². The van der Waals surface area contributed by atoms with Gasteiger partial charge in [0.15, 0.2) is 6.61 Å². The van der Waals surface area contributed by atoms with Crippen molar-refractivity contribution in [3.8, 4) is 0 Å². The number of aryl methyl sites for hydroxylation is 2. The van der Waals surface area contributed by atoms with Crippen LogP contribution in [-0.2, 0) is 9.53 Å². The molecule has 0 atom stereocenters. The second-order valence-corrected chi connectivity index (χ2v) is 5.34. The monoisotopic (exact) mass is 346 g/mol. The lowest BCUT2D eigenvalue weighted by molar-refractivity contribution is -0.384. The van der Waals surface area contributed by atoms with Gasteiger partial charge in [-0.15, -0.1) is 0 Å². The van der Waals surface area contributed by atoms with Crippen molar-refractivity contribution in [2.75, 3.05) is 11.9 Å². The Balaban J connectivity index is 2.03. The van der Waals surface area contributed by atoms with Gasteiger partial charge in [-0.1, -0.05) is 0 Å². The summed E-state index contributed by atoms with van der Waals surface area (Å²) in [5, 5.41) is 13.4. The third kappa shape index (κ3) is 4.60. The molecule has 0 aromatic heterocycles. The van der Waals surface area contributed by atoms with Crippen LogP contribution >= 0.6 is 0 Å². The van der Waals surface area contributed by atoms with Crippen LogP contribution in [0.25, 0.3) is 0 Å². The van der Waals surface area contributed by atoms with Crippen LogP contribution in [0.3, 0.4) is 0 Å². The first-order valence-corrected chi connectivity index (χ1v) is 7.26. The molecule has 2 rings (SSSR count). The lowest BCUT2D eigenvalue weighted by atomic mass is 10.1. The Hall–Kier alpha value is -3.29. The van der Waals surface area contributed by atoms with E-state index in [1.165, 1.54) is 24.3 Å². The number of nitrogens with one attached hydrogen (secondary N) is 1. The minimum Gasteiger partial charge on any atom is -0.452 e. The van der Waals surface area contributed by atoms with Crippen LogP contribution in [0.2, 0.25) is 0 Å². The second kappa shape index (κ2) is 7.52. The number of halogens is 1. The van der Waals surface area contributed by atoms with Gasteiger partial charge in [-0.2, -0.15) is 0 Å². The number of hydrogen-bond acceptors (Lipinski definition) is 5. The Morgan fingerprint density at radius 3 is 2.36 bits per heavy atom. The van der Waals surface area contributed by atoms with Gasteiger partial charge in [0.1, 0.15) is 11.5 Å². The number of nitrogens with zero attached hydrogens (tertiary/aromatic N) is 1. The maximum atomic E-state index is 12.8. The second-order valence-electron chi connectivity index (χ2n) is 5.34. The van der Waals surface area contributed by atoms with Gasteiger partial charge in [-0.25, -0.2) is 9.18 Å². The molecule has 0 heterocycles. The van der Waals surface area contributed by atoms with Crippen LogP contribution in [0.1, 0.15) is 21.5 Å². The van der Waals surface area contributed by atoms with Gasteiger partial charge in [0, 0.05) is 6.07 Å². The van der Waals surface area contributed by atoms with Crippen molar-refractivity contribution < 1.29 is 23.6 Å². The first-order chi connectivity index (χ1) is 11.8. The normalized spacial score (nSPS) is 10.2.